The fourth-order valence-electron chi connectivity index (χ4n) is 2.69. The highest BCUT2D eigenvalue weighted by atomic mass is 32.2. The Morgan fingerprint density at radius 3 is 2.19 bits per heavy atom. The minimum Gasteiger partial charge on any atom is -0.497 e. The number of anilines is 1. The molecule has 7 heteroatoms. The SMILES string of the molecule is CCc1ccc([C@H](C)NC(=O)CN(c2ccc(OC)cc2)S(C)(=O)=O)cc1. The lowest BCUT2D eigenvalue weighted by atomic mass is 10.1. The van der Waals surface area contributed by atoms with Gasteiger partial charge in [0, 0.05) is 0 Å². The van der Waals surface area contributed by atoms with Crippen molar-refractivity contribution in [3.05, 3.63) is 59.7 Å². The highest BCUT2D eigenvalue weighted by Crippen LogP contribution is 2.21. The van der Waals surface area contributed by atoms with E-state index in [1.165, 1.54) is 12.7 Å². The number of hydrogen-bond acceptors (Lipinski definition) is 4. The molecule has 0 aromatic heterocycles. The van der Waals surface area contributed by atoms with Crippen LogP contribution < -0.4 is 14.4 Å². The molecule has 0 fully saturated rings. The van der Waals surface area contributed by atoms with Crippen LogP contribution in [0, 0.1) is 0 Å². The van der Waals surface area contributed by atoms with Crippen molar-refractivity contribution in [2.24, 2.45) is 0 Å². The van der Waals surface area contributed by atoms with Gasteiger partial charge >= 0.3 is 0 Å². The summed E-state index contributed by atoms with van der Waals surface area (Å²) in [6, 6.07) is 14.3. The van der Waals surface area contributed by atoms with Crippen molar-refractivity contribution in [1.82, 2.24) is 5.32 Å². The lowest BCUT2D eigenvalue weighted by Gasteiger charge is -2.23. The average Bonchev–Trinajstić information content (AvgIpc) is 2.65. The fourth-order valence-corrected chi connectivity index (χ4v) is 3.55. The first-order valence-electron chi connectivity index (χ1n) is 8.74. The number of amides is 1. The Kier molecular flexibility index (Phi) is 6.85. The monoisotopic (exact) mass is 390 g/mol. The molecule has 1 amide bonds. The van der Waals surface area contributed by atoms with E-state index >= 15 is 0 Å². The first-order valence-corrected chi connectivity index (χ1v) is 10.6. The third-order valence-electron chi connectivity index (χ3n) is 4.31. The third-order valence-corrected chi connectivity index (χ3v) is 5.45. The number of hydrogen-bond donors (Lipinski definition) is 1. The Morgan fingerprint density at radius 2 is 1.70 bits per heavy atom. The van der Waals surface area contributed by atoms with Crippen LogP contribution in [0.2, 0.25) is 0 Å². The van der Waals surface area contributed by atoms with E-state index in [0.717, 1.165) is 22.5 Å². The largest absolute Gasteiger partial charge is 0.497 e. The molecular formula is C20H26N2O4S. The number of carbonyl (C=O) groups is 1. The molecule has 2 aromatic carbocycles. The van der Waals surface area contributed by atoms with Crippen molar-refractivity contribution in [2.75, 3.05) is 24.2 Å². The van der Waals surface area contributed by atoms with E-state index in [2.05, 4.69) is 12.2 Å². The zero-order valence-electron chi connectivity index (χ0n) is 16.1. The van der Waals surface area contributed by atoms with Gasteiger partial charge in [0.2, 0.25) is 15.9 Å². The minimum absolute atomic E-state index is 0.222. The molecule has 0 aliphatic heterocycles. The number of ether oxygens (including phenoxy) is 1. The summed E-state index contributed by atoms with van der Waals surface area (Å²) in [5.41, 5.74) is 2.60. The second-order valence-corrected chi connectivity index (χ2v) is 8.26. The Labute approximate surface area is 161 Å². The summed E-state index contributed by atoms with van der Waals surface area (Å²) in [5.74, 6) is 0.240. The second-order valence-electron chi connectivity index (χ2n) is 6.35. The molecule has 0 saturated carbocycles. The standard InChI is InChI=1S/C20H26N2O4S/c1-5-16-6-8-17(9-7-16)15(2)21-20(23)14-22(27(4,24)25)18-10-12-19(26-3)13-11-18/h6-13,15H,5,14H2,1-4H3,(H,21,23)/t15-/m0/s1. The quantitative estimate of drug-likeness (QED) is 0.752. The highest BCUT2D eigenvalue weighted by molar-refractivity contribution is 7.92. The zero-order chi connectivity index (χ0) is 20.0. The molecule has 6 nitrogen and oxygen atoms in total. The second kappa shape index (κ2) is 8.90. The Hall–Kier alpha value is -2.54. The summed E-state index contributed by atoms with van der Waals surface area (Å²) < 4.78 is 30.5. The number of nitrogens with one attached hydrogen (secondary N) is 1. The van der Waals surface area contributed by atoms with Crippen LogP contribution in [0.25, 0.3) is 0 Å². The van der Waals surface area contributed by atoms with Crippen LogP contribution in [-0.2, 0) is 21.2 Å². The van der Waals surface area contributed by atoms with E-state index in [9.17, 15) is 13.2 Å². The molecule has 2 rings (SSSR count). The van der Waals surface area contributed by atoms with Gasteiger partial charge in [-0.15, -0.1) is 0 Å². The van der Waals surface area contributed by atoms with Crippen molar-refractivity contribution in [1.29, 1.82) is 0 Å². The molecule has 0 radical (unpaired) electrons. The predicted molar refractivity (Wildman–Crippen MR) is 108 cm³/mol. The summed E-state index contributed by atoms with van der Waals surface area (Å²) in [5, 5.41) is 2.86. The molecule has 146 valence electrons. The number of benzene rings is 2. The number of carbonyl (C=O) groups excluding carboxylic acids is 1. The molecule has 1 N–H and O–H groups in total. The molecule has 0 bridgehead atoms. The number of rotatable bonds is 8. The Morgan fingerprint density at radius 1 is 1.11 bits per heavy atom. The predicted octanol–water partition coefficient (Wildman–Crippen LogP) is 2.90. The summed E-state index contributed by atoms with van der Waals surface area (Å²) in [7, 11) is -2.08. The molecule has 1 atom stereocenters. The first kappa shape index (κ1) is 20.8. The van der Waals surface area contributed by atoms with Crippen molar-refractivity contribution < 1.29 is 17.9 Å². The van der Waals surface area contributed by atoms with Gasteiger partial charge in [0.1, 0.15) is 12.3 Å². The lowest BCUT2D eigenvalue weighted by Crippen LogP contribution is -2.41. The van der Waals surface area contributed by atoms with Gasteiger partial charge < -0.3 is 10.1 Å². The van der Waals surface area contributed by atoms with Gasteiger partial charge in [0.15, 0.2) is 0 Å². The van der Waals surface area contributed by atoms with Crippen LogP contribution in [0.1, 0.15) is 31.0 Å². The molecule has 0 spiro atoms. The van der Waals surface area contributed by atoms with Gasteiger partial charge in [-0.25, -0.2) is 8.42 Å². The normalized spacial score (nSPS) is 12.3. The van der Waals surface area contributed by atoms with Crippen LogP contribution in [0.3, 0.4) is 0 Å². The first-order chi connectivity index (χ1) is 12.7. The molecule has 0 saturated heterocycles. The Balaban J connectivity index is 2.10. The van der Waals surface area contributed by atoms with E-state index in [1.807, 2.05) is 31.2 Å². The van der Waals surface area contributed by atoms with Crippen LogP contribution in [0.4, 0.5) is 5.69 Å². The van der Waals surface area contributed by atoms with Gasteiger partial charge in [0.05, 0.1) is 25.1 Å². The molecule has 27 heavy (non-hydrogen) atoms. The van der Waals surface area contributed by atoms with Gasteiger partial charge in [0.25, 0.3) is 0 Å². The van der Waals surface area contributed by atoms with Crippen LogP contribution in [0.15, 0.2) is 48.5 Å². The number of sulfonamides is 1. The lowest BCUT2D eigenvalue weighted by molar-refractivity contribution is -0.120. The van der Waals surface area contributed by atoms with Gasteiger partial charge in [-0.1, -0.05) is 31.2 Å². The number of nitrogens with zero attached hydrogens (tertiary/aromatic N) is 1. The van der Waals surface area contributed by atoms with E-state index < -0.39 is 10.0 Å². The van der Waals surface area contributed by atoms with E-state index in [1.54, 1.807) is 24.3 Å². The van der Waals surface area contributed by atoms with Crippen molar-refractivity contribution in [3.63, 3.8) is 0 Å². The summed E-state index contributed by atoms with van der Waals surface area (Å²) in [6.45, 7) is 3.67. The van der Waals surface area contributed by atoms with Crippen molar-refractivity contribution >= 4 is 21.6 Å². The summed E-state index contributed by atoms with van der Waals surface area (Å²) in [4.78, 5) is 12.5. The molecule has 0 aliphatic rings. The maximum Gasteiger partial charge on any atom is 0.241 e. The van der Waals surface area contributed by atoms with E-state index in [4.69, 9.17) is 4.74 Å². The molecular weight excluding hydrogens is 364 g/mol. The molecule has 0 heterocycles. The third kappa shape index (κ3) is 5.72. The molecule has 2 aromatic rings. The van der Waals surface area contributed by atoms with Crippen molar-refractivity contribution in [2.45, 2.75) is 26.3 Å². The number of methoxy groups -OCH3 is 1. The highest BCUT2D eigenvalue weighted by Gasteiger charge is 2.22. The van der Waals surface area contributed by atoms with Gasteiger partial charge in [-0.05, 0) is 48.7 Å². The van der Waals surface area contributed by atoms with Gasteiger partial charge in [-0.2, -0.15) is 0 Å². The Bertz CT molecular complexity index is 862. The number of aryl methyl sites for hydroxylation is 1. The van der Waals surface area contributed by atoms with Crippen LogP contribution in [0.5, 0.6) is 5.75 Å². The van der Waals surface area contributed by atoms with Crippen LogP contribution in [-0.4, -0.2) is 34.2 Å². The fraction of sp³-hybridized carbons (Fsp3) is 0.350. The smallest absolute Gasteiger partial charge is 0.241 e. The summed E-state index contributed by atoms with van der Waals surface area (Å²) in [6.07, 6.45) is 2.03. The minimum atomic E-state index is -3.61. The van der Waals surface area contributed by atoms with Crippen LogP contribution >= 0.6 is 0 Å². The maximum atomic E-state index is 12.5. The molecule has 0 unspecified atom stereocenters. The zero-order valence-corrected chi connectivity index (χ0v) is 16.9. The van der Waals surface area contributed by atoms with E-state index in [-0.39, 0.29) is 18.5 Å². The average molecular weight is 391 g/mol. The topological polar surface area (TPSA) is 75.7 Å². The summed E-state index contributed by atoms with van der Waals surface area (Å²) >= 11 is 0. The molecule has 0 aliphatic carbocycles. The van der Waals surface area contributed by atoms with Gasteiger partial charge in [-0.3, -0.25) is 9.10 Å². The maximum absolute atomic E-state index is 12.5. The van der Waals surface area contributed by atoms with Crippen molar-refractivity contribution in [3.8, 4) is 5.75 Å². The van der Waals surface area contributed by atoms with E-state index in [0.29, 0.717) is 11.4 Å².